The van der Waals surface area contributed by atoms with Crippen LogP contribution in [-0.4, -0.2) is 11.4 Å². The Labute approximate surface area is 130 Å². The van der Waals surface area contributed by atoms with Crippen LogP contribution >= 0.6 is 0 Å². The number of carbonyl (C=O) groups excluding carboxylic acids is 1. The number of hydrogen-bond donors (Lipinski definition) is 1. The van der Waals surface area contributed by atoms with E-state index in [-0.39, 0.29) is 5.75 Å². The molecule has 2 atom stereocenters. The second kappa shape index (κ2) is 4.45. The largest absolute Gasteiger partial charge is 0.507 e. The van der Waals surface area contributed by atoms with E-state index in [1.165, 1.54) is 12.0 Å². The lowest BCUT2D eigenvalue weighted by molar-refractivity contribution is 0.0177. The number of phenolic OH excluding ortho intramolecular Hbond substituents is 1. The van der Waals surface area contributed by atoms with Crippen LogP contribution in [0.15, 0.2) is 36.4 Å². The van der Waals surface area contributed by atoms with Crippen molar-refractivity contribution < 1.29 is 9.90 Å². The molecule has 1 N–H and O–H groups in total. The lowest BCUT2D eigenvalue weighted by Gasteiger charge is -2.57. The van der Waals surface area contributed by atoms with E-state index in [1.54, 1.807) is 0 Å². The van der Waals surface area contributed by atoms with Gasteiger partial charge in [-0.3, -0.25) is 4.79 Å². The highest BCUT2D eigenvalue weighted by Crippen LogP contribution is 2.63. The van der Waals surface area contributed by atoms with Crippen LogP contribution < -0.4 is 0 Å². The molecule has 2 bridgehead atoms. The molecule has 2 aromatic carbocycles. The van der Waals surface area contributed by atoms with Crippen molar-refractivity contribution in [2.24, 2.45) is 11.3 Å². The first-order chi connectivity index (χ1) is 10.5. The minimum absolute atomic E-state index is 0.205. The molecule has 5 rings (SSSR count). The van der Waals surface area contributed by atoms with Gasteiger partial charge in [0, 0.05) is 0 Å². The van der Waals surface area contributed by atoms with Crippen LogP contribution in [0.3, 0.4) is 0 Å². The van der Waals surface area contributed by atoms with Gasteiger partial charge in [0.2, 0.25) is 0 Å². The summed E-state index contributed by atoms with van der Waals surface area (Å²) in [5.41, 5.74) is 4.83. The SMILES string of the molecule is CC1(C)[C@H]2Cc3c(cc(-c4ccccc4)c(C=O)c3O)[C@@H]1C2. The summed E-state index contributed by atoms with van der Waals surface area (Å²) >= 11 is 0. The van der Waals surface area contributed by atoms with Crippen LogP contribution in [0.2, 0.25) is 0 Å². The monoisotopic (exact) mass is 292 g/mol. The molecule has 0 saturated heterocycles. The topological polar surface area (TPSA) is 37.3 Å². The van der Waals surface area contributed by atoms with Crippen molar-refractivity contribution in [1.29, 1.82) is 0 Å². The Bertz CT molecular complexity index is 759. The van der Waals surface area contributed by atoms with Crippen LogP contribution in [0.4, 0.5) is 0 Å². The Morgan fingerprint density at radius 1 is 1.23 bits per heavy atom. The lowest BCUT2D eigenvalue weighted by atomic mass is 9.47. The molecule has 3 aliphatic rings. The van der Waals surface area contributed by atoms with E-state index in [9.17, 15) is 9.90 Å². The maximum atomic E-state index is 11.6. The van der Waals surface area contributed by atoms with E-state index >= 15 is 0 Å². The Kier molecular flexibility index (Phi) is 2.75. The Hall–Kier alpha value is -2.09. The second-order valence-corrected chi connectivity index (χ2v) is 7.25. The Morgan fingerprint density at radius 2 is 1.95 bits per heavy atom. The first-order valence-electron chi connectivity index (χ1n) is 7.93. The lowest BCUT2D eigenvalue weighted by Crippen LogP contribution is -2.48. The molecule has 0 spiro atoms. The zero-order valence-electron chi connectivity index (χ0n) is 13.0. The fraction of sp³-hybridized carbons (Fsp3) is 0.350. The first kappa shape index (κ1) is 13.6. The van der Waals surface area contributed by atoms with Gasteiger partial charge in [0.05, 0.1) is 5.56 Å². The zero-order valence-corrected chi connectivity index (χ0v) is 13.0. The van der Waals surface area contributed by atoms with Gasteiger partial charge in [-0.15, -0.1) is 0 Å². The average Bonchev–Trinajstić information content (AvgIpc) is 2.54. The van der Waals surface area contributed by atoms with E-state index in [0.29, 0.717) is 22.8 Å². The van der Waals surface area contributed by atoms with Gasteiger partial charge in [-0.1, -0.05) is 44.2 Å². The molecule has 112 valence electrons. The van der Waals surface area contributed by atoms with E-state index in [0.717, 1.165) is 29.4 Å². The summed E-state index contributed by atoms with van der Waals surface area (Å²) in [6.07, 6.45) is 2.89. The Balaban J connectivity index is 1.96. The third kappa shape index (κ3) is 1.64. The summed E-state index contributed by atoms with van der Waals surface area (Å²) in [5.74, 6) is 1.32. The maximum absolute atomic E-state index is 11.6. The molecule has 22 heavy (non-hydrogen) atoms. The predicted octanol–water partition coefficient (Wildman–Crippen LogP) is 4.56. The van der Waals surface area contributed by atoms with E-state index in [2.05, 4.69) is 19.9 Å². The average molecular weight is 292 g/mol. The molecule has 2 heteroatoms. The molecule has 1 fully saturated rings. The van der Waals surface area contributed by atoms with Gasteiger partial charge in [0.15, 0.2) is 6.29 Å². The van der Waals surface area contributed by atoms with E-state index in [1.807, 2.05) is 30.3 Å². The van der Waals surface area contributed by atoms with Crippen molar-refractivity contribution in [3.63, 3.8) is 0 Å². The van der Waals surface area contributed by atoms with Crippen LogP contribution in [-0.2, 0) is 6.42 Å². The van der Waals surface area contributed by atoms with Gasteiger partial charge in [0.25, 0.3) is 0 Å². The van der Waals surface area contributed by atoms with Crippen molar-refractivity contribution in [3.05, 3.63) is 53.1 Å². The van der Waals surface area contributed by atoms with Crippen LogP contribution in [0, 0.1) is 11.3 Å². The molecule has 3 aliphatic carbocycles. The number of aldehydes is 1. The number of hydrogen-bond acceptors (Lipinski definition) is 2. The highest BCUT2D eigenvalue weighted by atomic mass is 16.3. The van der Waals surface area contributed by atoms with Gasteiger partial charge in [-0.25, -0.2) is 0 Å². The summed E-state index contributed by atoms with van der Waals surface area (Å²) in [5, 5.41) is 10.7. The highest BCUT2D eigenvalue weighted by Gasteiger charge is 2.53. The second-order valence-electron chi connectivity index (χ2n) is 7.25. The molecule has 2 aromatic rings. The quantitative estimate of drug-likeness (QED) is 0.824. The number of benzene rings is 2. The van der Waals surface area contributed by atoms with Crippen molar-refractivity contribution in [3.8, 4) is 16.9 Å². The van der Waals surface area contributed by atoms with Crippen LogP contribution in [0.1, 0.15) is 47.7 Å². The predicted molar refractivity (Wildman–Crippen MR) is 87.3 cm³/mol. The normalized spacial score (nSPS) is 24.3. The van der Waals surface area contributed by atoms with Crippen molar-refractivity contribution in [2.75, 3.05) is 0 Å². The standard InChI is InChI=1S/C20H20O2/c1-20(2)13-8-16-15(18(20)9-13)10-14(17(11-21)19(16)22)12-6-4-3-5-7-12/h3-7,10-11,13,18,22H,8-9H2,1-2H3/t13-,18-/m0/s1. The minimum atomic E-state index is 0.205. The number of rotatable bonds is 2. The van der Waals surface area contributed by atoms with Gasteiger partial charge in [-0.05, 0) is 58.4 Å². The van der Waals surface area contributed by atoms with Crippen molar-refractivity contribution >= 4 is 6.29 Å². The molecule has 1 saturated carbocycles. The molecular formula is C20H20O2. The molecule has 0 amide bonds. The van der Waals surface area contributed by atoms with Crippen molar-refractivity contribution in [2.45, 2.75) is 32.6 Å². The van der Waals surface area contributed by atoms with E-state index in [4.69, 9.17) is 0 Å². The molecule has 0 radical (unpaired) electrons. The third-order valence-electron chi connectivity index (χ3n) is 5.98. The molecule has 0 unspecified atom stereocenters. The minimum Gasteiger partial charge on any atom is -0.507 e. The zero-order chi connectivity index (χ0) is 15.5. The number of phenols is 1. The third-order valence-corrected chi connectivity index (χ3v) is 5.98. The van der Waals surface area contributed by atoms with Crippen LogP contribution in [0.5, 0.6) is 5.75 Å². The molecule has 0 aromatic heterocycles. The van der Waals surface area contributed by atoms with Gasteiger partial charge in [-0.2, -0.15) is 0 Å². The molecule has 0 heterocycles. The molecule has 0 aliphatic heterocycles. The fourth-order valence-corrected chi connectivity index (χ4v) is 4.39. The summed E-state index contributed by atoms with van der Waals surface area (Å²) in [6, 6.07) is 12.0. The molecule has 2 nitrogen and oxygen atoms in total. The maximum Gasteiger partial charge on any atom is 0.154 e. The summed E-state index contributed by atoms with van der Waals surface area (Å²) in [7, 11) is 0. The van der Waals surface area contributed by atoms with Crippen molar-refractivity contribution in [1.82, 2.24) is 0 Å². The van der Waals surface area contributed by atoms with Gasteiger partial charge in [0.1, 0.15) is 5.75 Å². The van der Waals surface area contributed by atoms with Crippen LogP contribution in [0.25, 0.3) is 11.1 Å². The van der Waals surface area contributed by atoms with Gasteiger partial charge < -0.3 is 5.11 Å². The summed E-state index contributed by atoms with van der Waals surface area (Å²) in [4.78, 5) is 11.6. The summed E-state index contributed by atoms with van der Waals surface area (Å²) < 4.78 is 0. The highest BCUT2D eigenvalue weighted by molar-refractivity contribution is 5.92. The Morgan fingerprint density at radius 3 is 2.59 bits per heavy atom. The number of carbonyl (C=O) groups is 1. The smallest absolute Gasteiger partial charge is 0.154 e. The summed E-state index contributed by atoms with van der Waals surface area (Å²) in [6.45, 7) is 4.64. The first-order valence-corrected chi connectivity index (χ1v) is 7.93. The van der Waals surface area contributed by atoms with E-state index < -0.39 is 0 Å². The number of aromatic hydroxyl groups is 1. The fourth-order valence-electron chi connectivity index (χ4n) is 4.39. The molecular weight excluding hydrogens is 272 g/mol. The van der Waals surface area contributed by atoms with Gasteiger partial charge >= 0.3 is 0 Å².